The Morgan fingerprint density at radius 3 is 2.22 bits per heavy atom. The zero-order valence-corrected chi connectivity index (χ0v) is 10.4. The van der Waals surface area contributed by atoms with Crippen LogP contribution in [0.5, 0.6) is 11.5 Å². The molecule has 0 aliphatic heterocycles. The van der Waals surface area contributed by atoms with E-state index in [1.807, 2.05) is 18.2 Å². The van der Waals surface area contributed by atoms with Crippen molar-refractivity contribution in [1.82, 2.24) is 0 Å². The zero-order valence-electron chi connectivity index (χ0n) is 10.4. The van der Waals surface area contributed by atoms with Crippen LogP contribution in [0.4, 0.5) is 0 Å². The molecule has 0 radical (unpaired) electrons. The molecule has 5 heteroatoms. The first-order chi connectivity index (χ1) is 8.86. The van der Waals surface area contributed by atoms with Crippen LogP contribution in [0.15, 0.2) is 24.3 Å². The Morgan fingerprint density at radius 1 is 0.833 bits per heavy atom. The van der Waals surface area contributed by atoms with Gasteiger partial charge in [-0.3, -0.25) is 0 Å². The molecular weight excluding hydrogens is 236 g/mol. The average molecular weight is 256 g/mol. The predicted molar refractivity (Wildman–Crippen MR) is 67.0 cm³/mol. The quantitative estimate of drug-likeness (QED) is 0.607. The molecule has 0 saturated carbocycles. The Kier molecular flexibility index (Phi) is 7.96. The van der Waals surface area contributed by atoms with Gasteiger partial charge in [0.25, 0.3) is 0 Å². The van der Waals surface area contributed by atoms with Crippen LogP contribution < -0.4 is 9.47 Å². The summed E-state index contributed by atoms with van der Waals surface area (Å²) in [5, 5.41) is 17.2. The van der Waals surface area contributed by atoms with Crippen molar-refractivity contribution in [2.45, 2.75) is 6.42 Å². The Bertz CT molecular complexity index is 316. The molecule has 0 aliphatic carbocycles. The standard InChI is InChI=1S/C13H20O5/c14-5-2-7-17-12-3-1-4-13(11-12)18-10-9-16-8-6-15/h1,3-4,11,14-15H,2,5-10H2. The van der Waals surface area contributed by atoms with E-state index in [-0.39, 0.29) is 13.2 Å². The minimum atomic E-state index is 0.0220. The number of hydrogen-bond acceptors (Lipinski definition) is 5. The smallest absolute Gasteiger partial charge is 0.123 e. The van der Waals surface area contributed by atoms with Crippen LogP contribution in [0, 0.1) is 0 Å². The third-order valence-corrected chi connectivity index (χ3v) is 2.11. The van der Waals surface area contributed by atoms with E-state index in [9.17, 15) is 0 Å². The maximum atomic E-state index is 8.65. The predicted octanol–water partition coefficient (Wildman–Crippen LogP) is 0.835. The monoisotopic (exact) mass is 256 g/mol. The summed E-state index contributed by atoms with van der Waals surface area (Å²) in [5.41, 5.74) is 0. The summed E-state index contributed by atoms with van der Waals surface area (Å²) in [6.07, 6.45) is 0.611. The largest absolute Gasteiger partial charge is 0.493 e. The van der Waals surface area contributed by atoms with Crippen molar-refractivity contribution in [3.63, 3.8) is 0 Å². The molecule has 0 spiro atoms. The van der Waals surface area contributed by atoms with E-state index >= 15 is 0 Å². The molecule has 0 amide bonds. The summed E-state index contributed by atoms with van der Waals surface area (Å²) in [6.45, 7) is 1.83. The molecule has 1 aromatic carbocycles. The fourth-order valence-corrected chi connectivity index (χ4v) is 1.29. The van der Waals surface area contributed by atoms with Crippen LogP contribution in [0.1, 0.15) is 6.42 Å². The number of aliphatic hydroxyl groups excluding tert-OH is 2. The topological polar surface area (TPSA) is 68.2 Å². The van der Waals surface area contributed by atoms with E-state index in [1.165, 1.54) is 0 Å². The molecule has 1 rings (SSSR count). The van der Waals surface area contributed by atoms with E-state index < -0.39 is 0 Å². The minimum absolute atomic E-state index is 0.0220. The molecule has 0 aliphatic rings. The van der Waals surface area contributed by atoms with Gasteiger partial charge in [0.05, 0.1) is 26.4 Å². The van der Waals surface area contributed by atoms with Crippen molar-refractivity contribution >= 4 is 0 Å². The summed E-state index contributed by atoms with van der Waals surface area (Å²) < 4.78 is 16.0. The number of hydrogen-bond donors (Lipinski definition) is 2. The van der Waals surface area contributed by atoms with Crippen LogP contribution in [-0.4, -0.2) is 49.9 Å². The Hall–Kier alpha value is -1.30. The van der Waals surface area contributed by atoms with E-state index in [1.54, 1.807) is 6.07 Å². The van der Waals surface area contributed by atoms with Crippen molar-refractivity contribution < 1.29 is 24.4 Å². The van der Waals surface area contributed by atoms with Gasteiger partial charge in [0, 0.05) is 19.1 Å². The first-order valence-electron chi connectivity index (χ1n) is 6.02. The van der Waals surface area contributed by atoms with Crippen LogP contribution in [0.25, 0.3) is 0 Å². The van der Waals surface area contributed by atoms with Gasteiger partial charge in [-0.25, -0.2) is 0 Å². The van der Waals surface area contributed by atoms with E-state index in [0.717, 1.165) is 5.75 Å². The molecule has 0 fully saturated rings. The molecule has 0 saturated heterocycles. The van der Waals surface area contributed by atoms with Gasteiger partial charge in [-0.05, 0) is 12.1 Å². The second-order valence-corrected chi connectivity index (χ2v) is 3.58. The molecule has 5 nitrogen and oxygen atoms in total. The fraction of sp³-hybridized carbons (Fsp3) is 0.538. The van der Waals surface area contributed by atoms with E-state index in [4.69, 9.17) is 24.4 Å². The van der Waals surface area contributed by atoms with Crippen molar-refractivity contribution in [3.8, 4) is 11.5 Å². The van der Waals surface area contributed by atoms with Gasteiger partial charge >= 0.3 is 0 Å². The van der Waals surface area contributed by atoms with Gasteiger partial charge in [-0.15, -0.1) is 0 Å². The lowest BCUT2D eigenvalue weighted by Crippen LogP contribution is -2.09. The lowest BCUT2D eigenvalue weighted by atomic mass is 10.3. The Balaban J connectivity index is 2.26. The summed E-state index contributed by atoms with van der Waals surface area (Å²) in [4.78, 5) is 0. The summed E-state index contributed by atoms with van der Waals surface area (Å²) in [7, 11) is 0. The van der Waals surface area contributed by atoms with Crippen LogP contribution in [0.3, 0.4) is 0 Å². The molecule has 102 valence electrons. The molecule has 0 bridgehead atoms. The maximum Gasteiger partial charge on any atom is 0.123 e. The normalized spacial score (nSPS) is 10.3. The number of benzene rings is 1. The second kappa shape index (κ2) is 9.70. The third-order valence-electron chi connectivity index (χ3n) is 2.11. The highest BCUT2D eigenvalue weighted by molar-refractivity contribution is 5.32. The maximum absolute atomic E-state index is 8.65. The van der Waals surface area contributed by atoms with E-state index in [0.29, 0.717) is 38.6 Å². The molecule has 0 unspecified atom stereocenters. The van der Waals surface area contributed by atoms with Gasteiger partial charge in [0.1, 0.15) is 18.1 Å². The summed E-state index contributed by atoms with van der Waals surface area (Å²) >= 11 is 0. The first-order valence-corrected chi connectivity index (χ1v) is 6.02. The minimum Gasteiger partial charge on any atom is -0.493 e. The molecular formula is C13H20O5. The molecule has 0 heterocycles. The molecule has 0 atom stereocenters. The highest BCUT2D eigenvalue weighted by Crippen LogP contribution is 2.19. The van der Waals surface area contributed by atoms with Crippen LogP contribution >= 0.6 is 0 Å². The Morgan fingerprint density at radius 2 is 1.56 bits per heavy atom. The zero-order chi connectivity index (χ0) is 13.1. The lowest BCUT2D eigenvalue weighted by molar-refractivity contribution is 0.0704. The van der Waals surface area contributed by atoms with Crippen molar-refractivity contribution in [2.24, 2.45) is 0 Å². The average Bonchev–Trinajstić information content (AvgIpc) is 2.39. The number of rotatable bonds is 10. The second-order valence-electron chi connectivity index (χ2n) is 3.58. The molecule has 18 heavy (non-hydrogen) atoms. The highest BCUT2D eigenvalue weighted by atomic mass is 16.5. The number of ether oxygens (including phenoxy) is 3. The van der Waals surface area contributed by atoms with Crippen molar-refractivity contribution in [3.05, 3.63) is 24.3 Å². The van der Waals surface area contributed by atoms with Gasteiger partial charge in [0.2, 0.25) is 0 Å². The molecule has 2 N–H and O–H groups in total. The van der Waals surface area contributed by atoms with Gasteiger partial charge in [-0.2, -0.15) is 0 Å². The third kappa shape index (κ3) is 6.44. The van der Waals surface area contributed by atoms with Crippen molar-refractivity contribution in [2.75, 3.05) is 39.6 Å². The van der Waals surface area contributed by atoms with Crippen LogP contribution in [-0.2, 0) is 4.74 Å². The van der Waals surface area contributed by atoms with Crippen molar-refractivity contribution in [1.29, 1.82) is 0 Å². The SMILES string of the molecule is OCCCOc1cccc(OCCOCCO)c1. The molecule has 0 aromatic heterocycles. The lowest BCUT2D eigenvalue weighted by Gasteiger charge is -2.09. The van der Waals surface area contributed by atoms with Gasteiger partial charge in [-0.1, -0.05) is 6.07 Å². The van der Waals surface area contributed by atoms with Gasteiger partial charge < -0.3 is 24.4 Å². The first kappa shape index (κ1) is 14.8. The van der Waals surface area contributed by atoms with Crippen LogP contribution in [0.2, 0.25) is 0 Å². The molecule has 1 aromatic rings. The summed E-state index contributed by atoms with van der Waals surface area (Å²) in [6, 6.07) is 7.32. The fourth-order valence-electron chi connectivity index (χ4n) is 1.29. The van der Waals surface area contributed by atoms with E-state index in [2.05, 4.69) is 0 Å². The highest BCUT2D eigenvalue weighted by Gasteiger charge is 1.98. The number of aliphatic hydroxyl groups is 2. The van der Waals surface area contributed by atoms with Gasteiger partial charge in [0.15, 0.2) is 0 Å². The Labute approximate surface area is 107 Å². The summed E-state index contributed by atoms with van der Waals surface area (Å²) in [5.74, 6) is 1.43.